The molecule has 1 atom stereocenters. The predicted octanol–water partition coefficient (Wildman–Crippen LogP) is 2.73. The van der Waals surface area contributed by atoms with Gasteiger partial charge in [-0.05, 0) is 37.8 Å². The van der Waals surface area contributed by atoms with Crippen LogP contribution in [0, 0.1) is 13.8 Å². The van der Waals surface area contributed by atoms with E-state index in [1.54, 1.807) is 0 Å². The first-order chi connectivity index (χ1) is 12.6. The van der Waals surface area contributed by atoms with Crippen molar-refractivity contribution < 1.29 is 5.11 Å². The summed E-state index contributed by atoms with van der Waals surface area (Å²) in [5, 5.41) is 9.54. The highest BCUT2D eigenvalue weighted by Crippen LogP contribution is 2.21. The normalized spacial score (nSPS) is 18.3. The topological polar surface area (TPSA) is 52.5 Å². The fourth-order valence-corrected chi connectivity index (χ4v) is 3.61. The van der Waals surface area contributed by atoms with E-state index in [0.29, 0.717) is 6.04 Å². The van der Waals surface area contributed by atoms with Gasteiger partial charge < -0.3 is 10.0 Å². The molecule has 140 valence electrons. The molecule has 2 heterocycles. The molecule has 0 saturated carbocycles. The van der Waals surface area contributed by atoms with Crippen LogP contribution in [0.15, 0.2) is 30.5 Å². The van der Waals surface area contributed by atoms with Crippen molar-refractivity contribution in [1.29, 1.82) is 0 Å². The smallest absolute Gasteiger partial charge is 0.225 e. The van der Waals surface area contributed by atoms with Crippen molar-refractivity contribution >= 4 is 5.95 Å². The Bertz CT molecular complexity index is 716. The average Bonchev–Trinajstić information content (AvgIpc) is 2.65. The number of aromatic nitrogens is 2. The van der Waals surface area contributed by atoms with Gasteiger partial charge in [-0.1, -0.05) is 36.8 Å². The molecule has 1 aliphatic rings. The van der Waals surface area contributed by atoms with Crippen LogP contribution in [0.4, 0.5) is 5.95 Å². The molecule has 26 heavy (non-hydrogen) atoms. The molecule has 1 aromatic carbocycles. The highest BCUT2D eigenvalue weighted by Gasteiger charge is 2.28. The van der Waals surface area contributed by atoms with Gasteiger partial charge in [-0.25, -0.2) is 9.97 Å². The Morgan fingerprint density at radius 2 is 1.92 bits per heavy atom. The molecule has 2 aromatic rings. The van der Waals surface area contributed by atoms with Crippen LogP contribution in [-0.2, 0) is 13.0 Å². The number of aliphatic hydroxyl groups is 1. The van der Waals surface area contributed by atoms with Gasteiger partial charge in [0.15, 0.2) is 0 Å². The molecule has 0 amide bonds. The number of benzene rings is 1. The summed E-state index contributed by atoms with van der Waals surface area (Å²) in [6.45, 7) is 10.2. The third kappa shape index (κ3) is 4.40. The Hall–Kier alpha value is -1.98. The zero-order valence-electron chi connectivity index (χ0n) is 16.1. The van der Waals surface area contributed by atoms with Crippen molar-refractivity contribution in [3.05, 3.63) is 52.8 Å². The van der Waals surface area contributed by atoms with Crippen LogP contribution >= 0.6 is 0 Å². The molecule has 1 unspecified atom stereocenters. The zero-order chi connectivity index (χ0) is 18.5. The fraction of sp³-hybridized carbons (Fsp3) is 0.524. The van der Waals surface area contributed by atoms with Gasteiger partial charge in [0, 0.05) is 50.7 Å². The standard InChI is InChI=1S/C21H30N4O/c1-4-20-17(3)13-22-21(23-20)25-11-10-24(19(15-25)9-12-26)14-18-7-5-16(2)6-8-18/h5-8,13,19,26H,4,9-12,14-15H2,1-3H3. The van der Waals surface area contributed by atoms with E-state index < -0.39 is 0 Å². The molecule has 1 aromatic heterocycles. The minimum absolute atomic E-state index is 0.206. The number of nitrogens with zero attached hydrogens (tertiary/aromatic N) is 4. The molecule has 1 fully saturated rings. The Morgan fingerprint density at radius 3 is 2.62 bits per heavy atom. The van der Waals surface area contributed by atoms with Gasteiger partial charge in [-0.3, -0.25) is 4.90 Å². The van der Waals surface area contributed by atoms with E-state index in [2.05, 4.69) is 59.8 Å². The number of rotatable bonds is 6. The molecule has 3 rings (SSSR count). The second-order valence-electron chi connectivity index (χ2n) is 7.22. The SMILES string of the molecule is CCc1nc(N2CCN(Cc3ccc(C)cc3)C(CCO)C2)ncc1C. The Morgan fingerprint density at radius 1 is 1.15 bits per heavy atom. The van der Waals surface area contributed by atoms with Crippen LogP contribution in [0.1, 0.15) is 35.7 Å². The quantitative estimate of drug-likeness (QED) is 0.864. The van der Waals surface area contributed by atoms with Gasteiger partial charge in [-0.2, -0.15) is 0 Å². The fourth-order valence-electron chi connectivity index (χ4n) is 3.61. The molecule has 5 nitrogen and oxygen atoms in total. The summed E-state index contributed by atoms with van der Waals surface area (Å²) in [5.41, 5.74) is 4.89. The lowest BCUT2D eigenvalue weighted by Crippen LogP contribution is -2.53. The van der Waals surface area contributed by atoms with Crippen molar-refractivity contribution in [2.45, 2.75) is 46.2 Å². The first kappa shape index (κ1) is 18.8. The second-order valence-corrected chi connectivity index (χ2v) is 7.22. The number of aryl methyl sites for hydroxylation is 3. The summed E-state index contributed by atoms with van der Waals surface area (Å²) in [4.78, 5) is 14.1. The third-order valence-electron chi connectivity index (χ3n) is 5.25. The summed E-state index contributed by atoms with van der Waals surface area (Å²) >= 11 is 0. The number of aliphatic hydroxyl groups excluding tert-OH is 1. The largest absolute Gasteiger partial charge is 0.396 e. The Kier molecular flexibility index (Phi) is 6.22. The van der Waals surface area contributed by atoms with E-state index in [9.17, 15) is 5.11 Å². The summed E-state index contributed by atoms with van der Waals surface area (Å²) in [6.07, 6.45) is 3.63. The number of hydrogen-bond donors (Lipinski definition) is 1. The molecule has 0 aliphatic carbocycles. The number of piperazine rings is 1. The summed E-state index contributed by atoms with van der Waals surface area (Å²) in [6, 6.07) is 9.05. The number of hydrogen-bond acceptors (Lipinski definition) is 5. The lowest BCUT2D eigenvalue weighted by atomic mass is 10.1. The first-order valence-electron chi connectivity index (χ1n) is 9.58. The van der Waals surface area contributed by atoms with Crippen LogP contribution in [0.25, 0.3) is 0 Å². The minimum Gasteiger partial charge on any atom is -0.396 e. The summed E-state index contributed by atoms with van der Waals surface area (Å²) in [5.74, 6) is 0.824. The average molecular weight is 354 g/mol. The molecule has 0 spiro atoms. The molecule has 0 radical (unpaired) electrons. The van der Waals surface area contributed by atoms with Crippen LogP contribution in [0.2, 0.25) is 0 Å². The van der Waals surface area contributed by atoms with Crippen LogP contribution < -0.4 is 4.90 Å². The van der Waals surface area contributed by atoms with Gasteiger partial charge in [0.1, 0.15) is 0 Å². The minimum atomic E-state index is 0.206. The van der Waals surface area contributed by atoms with Gasteiger partial charge in [0.05, 0.1) is 0 Å². The van der Waals surface area contributed by atoms with Gasteiger partial charge in [-0.15, -0.1) is 0 Å². The third-order valence-corrected chi connectivity index (χ3v) is 5.25. The first-order valence-corrected chi connectivity index (χ1v) is 9.58. The van der Waals surface area contributed by atoms with Gasteiger partial charge in [0.25, 0.3) is 0 Å². The van der Waals surface area contributed by atoms with E-state index >= 15 is 0 Å². The maximum absolute atomic E-state index is 9.54. The molecule has 1 saturated heterocycles. The van der Waals surface area contributed by atoms with Crippen molar-refractivity contribution in [3.8, 4) is 0 Å². The lowest BCUT2D eigenvalue weighted by molar-refractivity contribution is 0.135. The monoisotopic (exact) mass is 354 g/mol. The highest BCUT2D eigenvalue weighted by atomic mass is 16.3. The second kappa shape index (κ2) is 8.60. The van der Waals surface area contributed by atoms with Crippen LogP contribution in [0.5, 0.6) is 0 Å². The molecule has 0 bridgehead atoms. The Balaban J connectivity index is 1.72. The van der Waals surface area contributed by atoms with Crippen LogP contribution in [-0.4, -0.2) is 52.3 Å². The van der Waals surface area contributed by atoms with Crippen molar-refractivity contribution in [2.24, 2.45) is 0 Å². The van der Waals surface area contributed by atoms with Crippen molar-refractivity contribution in [2.75, 3.05) is 31.1 Å². The number of anilines is 1. The van der Waals surface area contributed by atoms with Crippen molar-refractivity contribution in [3.63, 3.8) is 0 Å². The molecule has 1 aliphatic heterocycles. The summed E-state index contributed by atoms with van der Waals surface area (Å²) in [7, 11) is 0. The molecular formula is C21H30N4O. The highest BCUT2D eigenvalue weighted by molar-refractivity contribution is 5.34. The van der Waals surface area contributed by atoms with Crippen LogP contribution in [0.3, 0.4) is 0 Å². The van der Waals surface area contributed by atoms with Crippen molar-refractivity contribution in [1.82, 2.24) is 14.9 Å². The van der Waals surface area contributed by atoms with E-state index in [1.807, 2.05) is 6.20 Å². The lowest BCUT2D eigenvalue weighted by Gasteiger charge is -2.41. The van der Waals surface area contributed by atoms with Gasteiger partial charge >= 0.3 is 0 Å². The maximum Gasteiger partial charge on any atom is 0.225 e. The zero-order valence-corrected chi connectivity index (χ0v) is 16.1. The molecule has 5 heteroatoms. The van der Waals surface area contributed by atoms with Gasteiger partial charge in [0.2, 0.25) is 5.95 Å². The predicted molar refractivity (Wildman–Crippen MR) is 105 cm³/mol. The maximum atomic E-state index is 9.54. The Labute approximate surface area is 156 Å². The van der Waals surface area contributed by atoms with E-state index in [4.69, 9.17) is 4.98 Å². The molecule has 1 N–H and O–H groups in total. The van der Waals surface area contributed by atoms with E-state index in [1.165, 1.54) is 11.1 Å². The summed E-state index contributed by atoms with van der Waals surface area (Å²) < 4.78 is 0. The van der Waals surface area contributed by atoms with E-state index in [0.717, 1.165) is 56.2 Å². The van der Waals surface area contributed by atoms with E-state index in [-0.39, 0.29) is 6.61 Å². The molecular weight excluding hydrogens is 324 g/mol.